The van der Waals surface area contributed by atoms with E-state index in [1.807, 2.05) is 60.3 Å². The van der Waals surface area contributed by atoms with Crippen LogP contribution in [0.1, 0.15) is 6.42 Å². The molecular formula is C19H22Cl2N4OS. The molecule has 3 N–H and O–H groups in total. The summed E-state index contributed by atoms with van der Waals surface area (Å²) in [5.74, 6) is 3.01. The number of para-hydroxylation sites is 2. The third kappa shape index (κ3) is 5.39. The number of thioether (sulfide) groups is 1. The molecule has 0 saturated carbocycles. The minimum Gasteiger partial charge on any atom is -0.338 e. The van der Waals surface area contributed by atoms with Gasteiger partial charge in [0.05, 0.1) is 11.0 Å². The van der Waals surface area contributed by atoms with Gasteiger partial charge in [-0.2, -0.15) is 11.8 Å². The number of carbonyl (C=O) groups excluding carboxylic acids is 1. The summed E-state index contributed by atoms with van der Waals surface area (Å²) in [4.78, 5) is 20.1. The van der Waals surface area contributed by atoms with Crippen molar-refractivity contribution in [1.82, 2.24) is 15.3 Å². The molecule has 2 aromatic carbocycles. The van der Waals surface area contributed by atoms with E-state index in [1.165, 1.54) is 0 Å². The van der Waals surface area contributed by atoms with Crippen molar-refractivity contribution in [3.8, 4) is 11.4 Å². The monoisotopic (exact) mass is 424 g/mol. The first-order valence-electron chi connectivity index (χ1n) is 8.44. The van der Waals surface area contributed by atoms with Gasteiger partial charge in [0.25, 0.3) is 0 Å². The minimum atomic E-state index is 0. The number of rotatable bonds is 4. The van der Waals surface area contributed by atoms with Gasteiger partial charge in [-0.15, -0.1) is 24.8 Å². The van der Waals surface area contributed by atoms with Crippen LogP contribution in [0.15, 0.2) is 48.5 Å². The summed E-state index contributed by atoms with van der Waals surface area (Å²) in [6, 6.07) is 16.0. The lowest BCUT2D eigenvalue weighted by atomic mass is 10.2. The molecule has 1 aliphatic heterocycles. The molecule has 0 radical (unpaired) electrons. The van der Waals surface area contributed by atoms with Crippen LogP contribution in [0.4, 0.5) is 5.69 Å². The first kappa shape index (κ1) is 21.6. The second-order valence-corrected chi connectivity index (χ2v) is 7.31. The molecule has 1 saturated heterocycles. The SMILES string of the molecule is Cl.Cl.O=C(CC1CSCCN1)Nc1ccc(-c2nc3ccccc3[nH]2)cc1. The molecule has 4 rings (SSSR count). The highest BCUT2D eigenvalue weighted by Crippen LogP contribution is 2.22. The number of aromatic amines is 1. The fourth-order valence-corrected chi connectivity index (χ4v) is 3.94. The van der Waals surface area contributed by atoms with Gasteiger partial charge >= 0.3 is 0 Å². The van der Waals surface area contributed by atoms with Crippen LogP contribution in [0.25, 0.3) is 22.4 Å². The topological polar surface area (TPSA) is 69.8 Å². The quantitative estimate of drug-likeness (QED) is 0.589. The predicted octanol–water partition coefficient (Wildman–Crippen LogP) is 4.11. The lowest BCUT2D eigenvalue weighted by Gasteiger charge is -2.22. The number of amides is 1. The third-order valence-corrected chi connectivity index (χ3v) is 5.39. The number of benzene rings is 2. The average molecular weight is 425 g/mol. The molecule has 0 spiro atoms. The zero-order valence-corrected chi connectivity index (χ0v) is 17.1. The molecule has 27 heavy (non-hydrogen) atoms. The van der Waals surface area contributed by atoms with Crippen LogP contribution in [0.2, 0.25) is 0 Å². The maximum atomic E-state index is 12.2. The molecule has 1 unspecified atom stereocenters. The summed E-state index contributed by atoms with van der Waals surface area (Å²) < 4.78 is 0. The zero-order chi connectivity index (χ0) is 17.1. The van der Waals surface area contributed by atoms with E-state index >= 15 is 0 Å². The molecule has 1 aliphatic rings. The van der Waals surface area contributed by atoms with E-state index in [0.29, 0.717) is 6.42 Å². The Morgan fingerprint density at radius 2 is 1.93 bits per heavy atom. The number of halogens is 2. The number of nitrogens with zero attached hydrogens (tertiary/aromatic N) is 1. The fraction of sp³-hybridized carbons (Fsp3) is 0.263. The van der Waals surface area contributed by atoms with E-state index in [1.54, 1.807) is 0 Å². The lowest BCUT2D eigenvalue weighted by molar-refractivity contribution is -0.116. The van der Waals surface area contributed by atoms with Gasteiger partial charge < -0.3 is 15.6 Å². The highest BCUT2D eigenvalue weighted by molar-refractivity contribution is 7.99. The van der Waals surface area contributed by atoms with Crippen molar-refractivity contribution in [2.24, 2.45) is 0 Å². The second kappa shape index (κ2) is 9.99. The first-order valence-corrected chi connectivity index (χ1v) is 9.59. The Morgan fingerprint density at radius 1 is 1.15 bits per heavy atom. The van der Waals surface area contributed by atoms with Crippen LogP contribution in [0.3, 0.4) is 0 Å². The molecule has 2 heterocycles. The van der Waals surface area contributed by atoms with Crippen LogP contribution < -0.4 is 10.6 Å². The van der Waals surface area contributed by atoms with E-state index in [9.17, 15) is 4.79 Å². The molecule has 1 atom stereocenters. The predicted molar refractivity (Wildman–Crippen MR) is 118 cm³/mol. The van der Waals surface area contributed by atoms with E-state index in [0.717, 1.165) is 46.2 Å². The zero-order valence-electron chi connectivity index (χ0n) is 14.6. The Labute approximate surface area is 174 Å². The van der Waals surface area contributed by atoms with E-state index in [4.69, 9.17) is 0 Å². The highest BCUT2D eigenvalue weighted by atomic mass is 35.5. The molecule has 1 aromatic heterocycles. The smallest absolute Gasteiger partial charge is 0.225 e. The number of anilines is 1. The van der Waals surface area contributed by atoms with E-state index in [-0.39, 0.29) is 36.8 Å². The van der Waals surface area contributed by atoms with E-state index in [2.05, 4.69) is 20.6 Å². The second-order valence-electron chi connectivity index (χ2n) is 6.16. The van der Waals surface area contributed by atoms with Gasteiger partial charge in [0.2, 0.25) is 5.91 Å². The van der Waals surface area contributed by atoms with Crippen molar-refractivity contribution in [3.05, 3.63) is 48.5 Å². The average Bonchev–Trinajstić information content (AvgIpc) is 3.07. The molecule has 1 fully saturated rings. The Bertz CT molecular complexity index is 846. The molecule has 8 heteroatoms. The van der Waals surface area contributed by atoms with Crippen molar-refractivity contribution in [2.75, 3.05) is 23.4 Å². The summed E-state index contributed by atoms with van der Waals surface area (Å²) in [7, 11) is 0. The minimum absolute atomic E-state index is 0. The van der Waals surface area contributed by atoms with Crippen LogP contribution in [0.5, 0.6) is 0 Å². The number of nitrogens with one attached hydrogen (secondary N) is 3. The normalized spacial score (nSPS) is 16.2. The number of aromatic nitrogens is 2. The summed E-state index contributed by atoms with van der Waals surface area (Å²) >= 11 is 1.90. The Hall–Kier alpha value is -1.73. The van der Waals surface area contributed by atoms with Crippen LogP contribution in [-0.4, -0.2) is 40.0 Å². The number of fused-ring (bicyclic) bond motifs is 1. The summed E-state index contributed by atoms with van der Waals surface area (Å²) in [6.45, 7) is 0.981. The number of H-pyrrole nitrogens is 1. The largest absolute Gasteiger partial charge is 0.338 e. The van der Waals surface area contributed by atoms with Gasteiger partial charge in [0.15, 0.2) is 0 Å². The molecule has 0 bridgehead atoms. The standard InChI is InChI=1S/C19H20N4OS.2ClH/c24-18(11-15-12-25-10-9-20-15)21-14-7-5-13(6-8-14)19-22-16-3-1-2-4-17(16)23-19;;/h1-8,15,20H,9-12H2,(H,21,24)(H,22,23);2*1H. The number of hydrogen-bond donors (Lipinski definition) is 3. The molecule has 0 aliphatic carbocycles. The van der Waals surface area contributed by atoms with Crippen molar-refractivity contribution >= 4 is 59.2 Å². The van der Waals surface area contributed by atoms with E-state index < -0.39 is 0 Å². The summed E-state index contributed by atoms with van der Waals surface area (Å²) in [5, 5.41) is 6.36. The van der Waals surface area contributed by atoms with Crippen LogP contribution in [0, 0.1) is 0 Å². The van der Waals surface area contributed by atoms with Crippen molar-refractivity contribution in [1.29, 1.82) is 0 Å². The number of hydrogen-bond acceptors (Lipinski definition) is 4. The Balaban J connectivity index is 0.00000131. The maximum absolute atomic E-state index is 12.2. The van der Waals surface area contributed by atoms with Gasteiger partial charge in [-0.25, -0.2) is 4.98 Å². The van der Waals surface area contributed by atoms with Crippen LogP contribution >= 0.6 is 36.6 Å². The third-order valence-electron chi connectivity index (χ3n) is 4.26. The molecule has 144 valence electrons. The maximum Gasteiger partial charge on any atom is 0.225 e. The first-order chi connectivity index (χ1) is 12.3. The fourth-order valence-electron chi connectivity index (χ4n) is 2.99. The summed E-state index contributed by atoms with van der Waals surface area (Å²) in [6.07, 6.45) is 0.512. The molecular weight excluding hydrogens is 403 g/mol. The van der Waals surface area contributed by atoms with Crippen LogP contribution in [-0.2, 0) is 4.79 Å². The van der Waals surface area contributed by atoms with Crippen molar-refractivity contribution in [2.45, 2.75) is 12.5 Å². The molecule has 1 amide bonds. The van der Waals surface area contributed by atoms with Gasteiger partial charge in [-0.05, 0) is 36.4 Å². The number of carbonyl (C=O) groups is 1. The van der Waals surface area contributed by atoms with Gasteiger partial charge in [0, 0.05) is 41.8 Å². The van der Waals surface area contributed by atoms with Gasteiger partial charge in [-0.3, -0.25) is 4.79 Å². The highest BCUT2D eigenvalue weighted by Gasteiger charge is 2.16. The Kier molecular flexibility index (Phi) is 7.98. The van der Waals surface area contributed by atoms with Crippen molar-refractivity contribution < 1.29 is 4.79 Å². The number of imidazole rings is 1. The Morgan fingerprint density at radius 3 is 2.63 bits per heavy atom. The van der Waals surface area contributed by atoms with Gasteiger partial charge in [-0.1, -0.05) is 12.1 Å². The lowest BCUT2D eigenvalue weighted by Crippen LogP contribution is -2.39. The van der Waals surface area contributed by atoms with Gasteiger partial charge in [0.1, 0.15) is 5.82 Å². The van der Waals surface area contributed by atoms with Crippen molar-refractivity contribution in [3.63, 3.8) is 0 Å². The molecule has 5 nitrogen and oxygen atoms in total. The molecule has 3 aromatic rings. The summed E-state index contributed by atoms with van der Waals surface area (Å²) in [5.41, 5.74) is 3.79.